The lowest BCUT2D eigenvalue weighted by Crippen LogP contribution is -2.61. The average molecular weight is 841 g/mol. The Labute approximate surface area is 385 Å². The van der Waals surface area contributed by atoms with Crippen LogP contribution in [-0.4, -0.2) is 6.71 Å². The number of fused-ring (bicyclic) bond motifs is 20. The minimum absolute atomic E-state index is 0.00249. The Hall–Kier alpha value is -5.80. The van der Waals surface area contributed by atoms with Crippen LogP contribution in [-0.2, 0) is 10.8 Å². The van der Waals surface area contributed by atoms with Crippen LogP contribution in [0.3, 0.4) is 0 Å². The highest BCUT2D eigenvalue weighted by Crippen LogP contribution is 2.80. The molecule has 318 valence electrons. The van der Waals surface area contributed by atoms with Gasteiger partial charge in [-0.05, 0) is 170 Å². The zero-order chi connectivity index (χ0) is 43.6. The summed E-state index contributed by atoms with van der Waals surface area (Å²) in [5.74, 6) is 1.44. The topological polar surface area (TPSA) is 6.48 Å². The predicted octanol–water partition coefficient (Wildman–Crippen LogP) is 14.0. The fraction of sp³-hybridized carbons (Fsp3) is 0.323. The van der Waals surface area contributed by atoms with Crippen LogP contribution in [0.15, 0.2) is 152 Å². The molecular weight excluding hydrogens is 784 g/mol. The highest BCUT2D eigenvalue weighted by Gasteiger charge is 2.73. The summed E-state index contributed by atoms with van der Waals surface area (Å²) in [6.45, 7) is 15.7. The molecule has 4 bridgehead atoms. The van der Waals surface area contributed by atoms with Crippen molar-refractivity contribution in [1.29, 1.82) is 0 Å². The van der Waals surface area contributed by atoms with Crippen molar-refractivity contribution < 1.29 is 0 Å². The quantitative estimate of drug-likeness (QED) is 0.160. The van der Waals surface area contributed by atoms with Gasteiger partial charge in [-0.15, -0.1) is 0 Å². The molecule has 0 radical (unpaired) electrons. The SMILES string of the molecule is CC1(C)C2CC[C@]1(C)[C@@]1(C2)c2ccccc2-c2c(N3c4ccccc4B4c5cc6c(cc5N(c5ccccc5)c5cccc3c54)[C@]3(C[C@@H]4CC[C@@]3(C)C4(C)C)c3ccccc3-6)cccc21. The van der Waals surface area contributed by atoms with Crippen molar-refractivity contribution in [1.82, 2.24) is 0 Å². The van der Waals surface area contributed by atoms with E-state index in [9.17, 15) is 0 Å². The highest BCUT2D eigenvalue weighted by molar-refractivity contribution is 7.00. The van der Waals surface area contributed by atoms with Crippen LogP contribution in [0.5, 0.6) is 0 Å². The molecule has 0 saturated heterocycles. The standard InChI is InChI=1S/C62H57BN2/c1-57(2)38-30-32-59(57,5)61(36-38)45-23-13-11-21-42(45)55-46(61)24-16-27-51(55)65-50-26-15-14-25-48(50)63-49-34-43-41-20-10-12-22-44(41)62(37-39-31-33-60(62,6)58(39,3)4)47(43)35-54(49)64(40-18-8-7-9-19-40)52-28-17-29-53(65)56(52)63/h7-29,34-35,38-39H,30-33,36-37H2,1-6H3/t38?,39-,59-,60-,61-,62-/m0/s1. The van der Waals surface area contributed by atoms with Crippen LogP contribution in [0.1, 0.15) is 102 Å². The maximum Gasteiger partial charge on any atom is 0.252 e. The van der Waals surface area contributed by atoms with E-state index in [2.05, 4.69) is 203 Å². The van der Waals surface area contributed by atoms with Crippen molar-refractivity contribution >= 4 is 57.2 Å². The summed E-state index contributed by atoms with van der Waals surface area (Å²) in [4.78, 5) is 5.33. The van der Waals surface area contributed by atoms with E-state index < -0.39 is 0 Å². The molecule has 8 aliphatic rings. The first-order valence-electron chi connectivity index (χ1n) is 24.9. The van der Waals surface area contributed by atoms with E-state index in [4.69, 9.17) is 0 Å². The van der Waals surface area contributed by atoms with Gasteiger partial charge >= 0.3 is 0 Å². The van der Waals surface area contributed by atoms with Gasteiger partial charge in [0, 0.05) is 44.8 Å². The monoisotopic (exact) mass is 840 g/mol. The number of rotatable bonds is 2. The van der Waals surface area contributed by atoms with E-state index in [1.807, 2.05) is 0 Å². The molecule has 0 N–H and O–H groups in total. The van der Waals surface area contributed by atoms with Crippen LogP contribution >= 0.6 is 0 Å². The van der Waals surface area contributed by atoms with E-state index in [0.29, 0.717) is 5.92 Å². The lowest BCUT2D eigenvalue weighted by Gasteiger charge is -2.49. The van der Waals surface area contributed by atoms with Gasteiger partial charge in [0.1, 0.15) is 0 Å². The smallest absolute Gasteiger partial charge is 0.252 e. The normalized spacial score (nSPS) is 30.0. The number of hydrogen-bond donors (Lipinski definition) is 0. The third kappa shape index (κ3) is 3.90. The summed E-state index contributed by atoms with van der Waals surface area (Å²) >= 11 is 0. The lowest BCUT2D eigenvalue weighted by molar-refractivity contribution is 0.0990. The van der Waals surface area contributed by atoms with E-state index in [1.165, 1.54) is 111 Å². The van der Waals surface area contributed by atoms with Gasteiger partial charge in [-0.2, -0.15) is 0 Å². The van der Waals surface area contributed by atoms with Crippen LogP contribution in [0, 0.1) is 33.5 Å². The second-order valence-corrected chi connectivity index (χ2v) is 23.3. The molecule has 6 atom stereocenters. The van der Waals surface area contributed by atoms with Crippen molar-refractivity contribution in [3.8, 4) is 22.3 Å². The van der Waals surface area contributed by atoms with Crippen molar-refractivity contribution in [2.24, 2.45) is 33.5 Å². The molecule has 3 heteroatoms. The first-order chi connectivity index (χ1) is 31.5. The molecule has 15 rings (SSSR count). The Balaban J connectivity index is 1.00. The molecule has 7 aromatic rings. The predicted molar refractivity (Wildman–Crippen MR) is 271 cm³/mol. The molecule has 0 amide bonds. The minimum Gasteiger partial charge on any atom is -0.311 e. The average Bonchev–Trinajstić information content (AvgIpc) is 4.02. The van der Waals surface area contributed by atoms with Gasteiger partial charge in [-0.25, -0.2) is 0 Å². The fourth-order valence-corrected chi connectivity index (χ4v) is 17.7. The summed E-state index contributed by atoms with van der Waals surface area (Å²) in [5.41, 5.74) is 24.8. The Morgan fingerprint density at radius 2 is 0.969 bits per heavy atom. The summed E-state index contributed by atoms with van der Waals surface area (Å²) < 4.78 is 0. The van der Waals surface area contributed by atoms with Gasteiger partial charge in [0.25, 0.3) is 6.71 Å². The maximum absolute atomic E-state index is 2.71. The molecule has 7 aromatic carbocycles. The Morgan fingerprint density at radius 3 is 1.65 bits per heavy atom. The molecule has 4 saturated carbocycles. The summed E-state index contributed by atoms with van der Waals surface area (Å²) in [6, 6.07) is 59.8. The maximum atomic E-state index is 2.71. The molecule has 4 fully saturated rings. The van der Waals surface area contributed by atoms with Crippen LogP contribution in [0.25, 0.3) is 22.3 Å². The molecule has 1 unspecified atom stereocenters. The second kappa shape index (κ2) is 11.8. The van der Waals surface area contributed by atoms with Crippen molar-refractivity contribution in [3.63, 3.8) is 0 Å². The first-order valence-corrected chi connectivity index (χ1v) is 24.9. The highest BCUT2D eigenvalue weighted by atomic mass is 15.2. The molecular formula is C62H57BN2. The van der Waals surface area contributed by atoms with Crippen LogP contribution < -0.4 is 26.2 Å². The summed E-state index contributed by atoms with van der Waals surface area (Å²) in [5, 5.41) is 0. The van der Waals surface area contributed by atoms with Crippen LogP contribution in [0.4, 0.5) is 34.1 Å². The molecule has 2 spiro atoms. The summed E-state index contributed by atoms with van der Waals surface area (Å²) in [7, 11) is 0. The Bertz CT molecular complexity index is 3270. The summed E-state index contributed by atoms with van der Waals surface area (Å²) in [6.07, 6.45) is 7.71. The van der Waals surface area contributed by atoms with Crippen molar-refractivity contribution in [2.45, 2.75) is 90.9 Å². The Kier molecular flexibility index (Phi) is 6.78. The lowest BCUT2D eigenvalue weighted by atomic mass is 9.33. The van der Waals surface area contributed by atoms with Crippen LogP contribution in [0.2, 0.25) is 0 Å². The van der Waals surface area contributed by atoms with Gasteiger partial charge in [0.15, 0.2) is 0 Å². The molecule has 2 nitrogen and oxygen atoms in total. The molecule has 2 heterocycles. The van der Waals surface area contributed by atoms with Crippen molar-refractivity contribution in [2.75, 3.05) is 9.80 Å². The third-order valence-electron chi connectivity index (χ3n) is 21.4. The number of para-hydroxylation sites is 2. The van der Waals surface area contributed by atoms with E-state index in [1.54, 1.807) is 22.3 Å². The first kappa shape index (κ1) is 37.4. The zero-order valence-electron chi connectivity index (χ0n) is 38.8. The minimum atomic E-state index is -0.0153. The third-order valence-corrected chi connectivity index (χ3v) is 21.4. The van der Waals surface area contributed by atoms with Gasteiger partial charge in [-0.1, -0.05) is 151 Å². The Morgan fingerprint density at radius 1 is 0.431 bits per heavy atom. The number of nitrogens with zero attached hydrogens (tertiary/aromatic N) is 2. The van der Waals surface area contributed by atoms with E-state index in [0.717, 1.165) is 5.92 Å². The van der Waals surface area contributed by atoms with E-state index in [-0.39, 0.29) is 39.2 Å². The van der Waals surface area contributed by atoms with Gasteiger partial charge in [0.2, 0.25) is 0 Å². The van der Waals surface area contributed by atoms with Gasteiger partial charge in [0.05, 0.1) is 5.69 Å². The number of benzene rings is 7. The van der Waals surface area contributed by atoms with Crippen molar-refractivity contribution in [3.05, 3.63) is 174 Å². The number of anilines is 6. The second-order valence-electron chi connectivity index (χ2n) is 23.3. The molecule has 6 aliphatic carbocycles. The molecule has 2 aliphatic heterocycles. The molecule has 0 aromatic heterocycles. The van der Waals surface area contributed by atoms with Gasteiger partial charge in [-0.3, -0.25) is 0 Å². The van der Waals surface area contributed by atoms with Gasteiger partial charge < -0.3 is 9.80 Å². The fourth-order valence-electron chi connectivity index (χ4n) is 17.7. The number of hydrogen-bond acceptors (Lipinski definition) is 2. The zero-order valence-corrected chi connectivity index (χ0v) is 38.8. The largest absolute Gasteiger partial charge is 0.311 e. The molecule has 65 heavy (non-hydrogen) atoms. The van der Waals surface area contributed by atoms with E-state index >= 15 is 0 Å².